The Labute approximate surface area is 118 Å². The summed E-state index contributed by atoms with van der Waals surface area (Å²) in [6.45, 7) is 1.72. The summed E-state index contributed by atoms with van der Waals surface area (Å²) in [4.78, 5) is 35.1. The van der Waals surface area contributed by atoms with Gasteiger partial charge in [-0.1, -0.05) is 23.7 Å². The predicted octanol–water partition coefficient (Wildman–Crippen LogP) is 1.96. The van der Waals surface area contributed by atoms with Crippen LogP contribution < -0.4 is 5.63 Å². The molecule has 0 amide bonds. The molecule has 0 aliphatic carbocycles. The third-order valence-corrected chi connectivity index (χ3v) is 2.78. The molecule has 0 saturated heterocycles. The number of esters is 1. The van der Waals surface area contributed by atoms with E-state index in [-0.39, 0.29) is 22.8 Å². The van der Waals surface area contributed by atoms with E-state index < -0.39 is 17.5 Å². The van der Waals surface area contributed by atoms with E-state index in [9.17, 15) is 14.4 Å². The summed E-state index contributed by atoms with van der Waals surface area (Å²) in [7, 11) is 0. The number of rotatable bonds is 3. The zero-order valence-corrected chi connectivity index (χ0v) is 11.2. The zero-order valence-electron chi connectivity index (χ0n) is 10.5. The van der Waals surface area contributed by atoms with Gasteiger partial charge in [0, 0.05) is 0 Å². The van der Waals surface area contributed by atoms with Gasteiger partial charge >= 0.3 is 11.6 Å². The van der Waals surface area contributed by atoms with Crippen LogP contribution in [-0.4, -0.2) is 23.2 Å². The van der Waals surface area contributed by atoms with Gasteiger partial charge in [0.25, 0.3) is 5.91 Å². The first kappa shape index (κ1) is 14.1. The number of ether oxygens (including phenoxy) is 1. The van der Waals surface area contributed by atoms with Crippen molar-refractivity contribution in [3.63, 3.8) is 0 Å². The van der Waals surface area contributed by atoms with Crippen LogP contribution in [0.1, 0.15) is 27.6 Å². The fourth-order valence-electron chi connectivity index (χ4n) is 1.53. The predicted molar refractivity (Wildman–Crippen MR) is 70.1 cm³/mol. The summed E-state index contributed by atoms with van der Waals surface area (Å²) in [5.41, 5.74) is -1.13. The monoisotopic (exact) mass is 295 g/mol. The lowest BCUT2D eigenvalue weighted by Gasteiger charge is -2.01. The molecule has 0 spiro atoms. The van der Waals surface area contributed by atoms with Crippen molar-refractivity contribution in [2.45, 2.75) is 6.92 Å². The maximum Gasteiger partial charge on any atom is 0.372 e. The topological polar surface area (TPSA) is 78.5 Å². The van der Waals surface area contributed by atoms with Crippen molar-refractivity contribution in [2.75, 3.05) is 6.61 Å². The molecule has 1 aromatic carbocycles. The van der Waals surface area contributed by atoms with Gasteiger partial charge in [-0.25, -0.2) is 9.59 Å². The second-order valence-corrected chi connectivity index (χ2v) is 4.16. The Morgan fingerprint density at radius 1 is 1.30 bits per heavy atom. The molecule has 20 heavy (non-hydrogen) atoms. The summed E-state index contributed by atoms with van der Waals surface area (Å²) < 4.78 is 10.0. The van der Waals surface area contributed by atoms with Gasteiger partial charge in [0.2, 0.25) is 0 Å². The average molecular weight is 296 g/mol. The Bertz CT molecular complexity index is 716. The van der Waals surface area contributed by atoms with Gasteiger partial charge in [-0.05, 0) is 19.1 Å². The van der Waals surface area contributed by atoms with Gasteiger partial charge in [-0.15, -0.1) is 4.74 Å². The van der Waals surface area contributed by atoms with Crippen LogP contribution in [0.2, 0.25) is 5.02 Å². The SMILES string of the molecule is CCOC(=O)c1cn(C(=O)c2ccccc2Cl)oc1=O. The molecule has 0 unspecified atom stereocenters. The molecule has 2 aromatic rings. The first-order chi connectivity index (χ1) is 9.54. The Morgan fingerprint density at radius 2 is 2.00 bits per heavy atom. The van der Waals surface area contributed by atoms with Gasteiger partial charge in [0.15, 0.2) is 5.56 Å². The third kappa shape index (κ3) is 2.65. The normalized spacial score (nSPS) is 10.3. The highest BCUT2D eigenvalue weighted by Crippen LogP contribution is 2.16. The molecule has 104 valence electrons. The van der Waals surface area contributed by atoms with Crippen molar-refractivity contribution in [3.8, 4) is 0 Å². The van der Waals surface area contributed by atoms with Crippen LogP contribution in [-0.2, 0) is 4.74 Å². The van der Waals surface area contributed by atoms with Crippen molar-refractivity contribution in [3.05, 3.63) is 57.0 Å². The van der Waals surface area contributed by atoms with E-state index in [1.54, 1.807) is 19.1 Å². The van der Waals surface area contributed by atoms with Crippen molar-refractivity contribution >= 4 is 23.5 Å². The highest BCUT2D eigenvalue weighted by Gasteiger charge is 2.21. The smallest absolute Gasteiger partial charge is 0.372 e. The van der Waals surface area contributed by atoms with Crippen molar-refractivity contribution in [1.29, 1.82) is 0 Å². The highest BCUT2D eigenvalue weighted by molar-refractivity contribution is 6.33. The Hall–Kier alpha value is -2.34. The van der Waals surface area contributed by atoms with Crippen LogP contribution in [0.15, 0.2) is 39.8 Å². The number of carbonyl (C=O) groups excluding carboxylic acids is 2. The number of hydrogen-bond donors (Lipinski definition) is 0. The minimum atomic E-state index is -0.941. The molecule has 0 saturated carbocycles. The molecule has 0 aliphatic rings. The maximum atomic E-state index is 12.1. The lowest BCUT2D eigenvalue weighted by atomic mass is 10.2. The van der Waals surface area contributed by atoms with E-state index in [1.165, 1.54) is 12.1 Å². The minimum absolute atomic E-state index is 0.113. The fourth-order valence-corrected chi connectivity index (χ4v) is 1.75. The maximum absolute atomic E-state index is 12.1. The van der Waals surface area contributed by atoms with Gasteiger partial charge in [0.05, 0.1) is 23.4 Å². The van der Waals surface area contributed by atoms with Crippen LogP contribution in [0.25, 0.3) is 0 Å². The number of benzene rings is 1. The standard InChI is InChI=1S/C13H10ClNO5/c1-2-19-12(17)9-7-15(20-13(9)18)11(16)8-5-3-4-6-10(8)14/h3-7H,2H2,1H3. The molecule has 0 aliphatic heterocycles. The quantitative estimate of drug-likeness (QED) is 0.809. The molecule has 6 nitrogen and oxygen atoms in total. The molecule has 0 radical (unpaired) electrons. The van der Waals surface area contributed by atoms with Gasteiger partial charge in [-0.3, -0.25) is 4.79 Å². The lowest BCUT2D eigenvalue weighted by molar-refractivity contribution is 0.0523. The average Bonchev–Trinajstić information content (AvgIpc) is 2.81. The van der Waals surface area contributed by atoms with Gasteiger partial charge in [0.1, 0.15) is 0 Å². The Balaban J connectivity index is 2.38. The molecule has 0 atom stereocenters. The molecule has 0 bridgehead atoms. The van der Waals surface area contributed by atoms with Crippen molar-refractivity contribution in [1.82, 2.24) is 4.74 Å². The Kier molecular flexibility index (Phi) is 4.05. The molecular weight excluding hydrogens is 286 g/mol. The third-order valence-electron chi connectivity index (χ3n) is 2.45. The zero-order chi connectivity index (χ0) is 14.7. The van der Waals surface area contributed by atoms with Crippen molar-refractivity contribution < 1.29 is 18.8 Å². The lowest BCUT2D eigenvalue weighted by Crippen LogP contribution is -2.12. The van der Waals surface area contributed by atoms with E-state index in [1.807, 2.05) is 0 Å². The van der Waals surface area contributed by atoms with Gasteiger partial charge in [-0.2, -0.15) is 0 Å². The van der Waals surface area contributed by atoms with E-state index in [4.69, 9.17) is 16.1 Å². The van der Waals surface area contributed by atoms with Gasteiger partial charge < -0.3 is 9.26 Å². The van der Waals surface area contributed by atoms with E-state index >= 15 is 0 Å². The van der Waals surface area contributed by atoms with Crippen LogP contribution in [0.3, 0.4) is 0 Å². The number of aromatic nitrogens is 1. The summed E-state index contributed by atoms with van der Waals surface area (Å²) >= 11 is 5.88. The van der Waals surface area contributed by atoms with E-state index in [0.717, 1.165) is 6.20 Å². The summed E-state index contributed by atoms with van der Waals surface area (Å²) in [6, 6.07) is 6.29. The fraction of sp³-hybridized carbons (Fsp3) is 0.154. The van der Waals surface area contributed by atoms with Crippen LogP contribution in [0.5, 0.6) is 0 Å². The second kappa shape index (κ2) is 5.75. The van der Waals surface area contributed by atoms with Crippen LogP contribution in [0, 0.1) is 0 Å². The molecule has 1 aromatic heterocycles. The molecule has 1 heterocycles. The molecule has 7 heteroatoms. The number of hydrogen-bond acceptors (Lipinski definition) is 5. The van der Waals surface area contributed by atoms with E-state index in [2.05, 4.69) is 4.74 Å². The number of halogens is 1. The minimum Gasteiger partial charge on any atom is -0.462 e. The Morgan fingerprint density at radius 3 is 2.65 bits per heavy atom. The largest absolute Gasteiger partial charge is 0.462 e. The first-order valence-electron chi connectivity index (χ1n) is 5.74. The molecular formula is C13H10ClNO5. The van der Waals surface area contributed by atoms with Crippen molar-refractivity contribution in [2.24, 2.45) is 0 Å². The number of nitrogens with zero attached hydrogens (tertiary/aromatic N) is 1. The second-order valence-electron chi connectivity index (χ2n) is 3.75. The molecule has 2 rings (SSSR count). The van der Waals surface area contributed by atoms with Crippen LogP contribution in [0.4, 0.5) is 0 Å². The summed E-state index contributed by atoms with van der Waals surface area (Å²) in [6.07, 6.45) is 0.992. The van der Waals surface area contributed by atoms with E-state index in [0.29, 0.717) is 4.74 Å². The summed E-state index contributed by atoms with van der Waals surface area (Å²) in [5, 5.41) is 0.214. The molecule has 0 N–H and O–H groups in total. The highest BCUT2D eigenvalue weighted by atomic mass is 35.5. The summed E-state index contributed by atoms with van der Waals surface area (Å²) in [5.74, 6) is -1.49. The molecule has 0 fully saturated rings. The first-order valence-corrected chi connectivity index (χ1v) is 6.11. The van der Waals surface area contributed by atoms with Crippen LogP contribution >= 0.6 is 11.6 Å². The number of carbonyl (C=O) groups is 2.